The van der Waals surface area contributed by atoms with Crippen LogP contribution in [-0.2, 0) is 9.53 Å². The first kappa shape index (κ1) is 22.2. The third-order valence-corrected chi connectivity index (χ3v) is 7.22. The number of aromatic hydroxyl groups is 2. The number of methoxy groups -OCH3 is 2. The Kier molecular flexibility index (Phi) is 5.21. The van der Waals surface area contributed by atoms with E-state index in [1.165, 1.54) is 14.2 Å². The van der Waals surface area contributed by atoms with Gasteiger partial charge in [-0.1, -0.05) is 6.07 Å². The standard InChI is InChI=1S/C27H25NO8/c1-32-21-6-13(7-22(33-2)26(21)30)23-16-9-19-20(36-12-35-19)10-17(16)25(18-11-34-27(31)24(18)23)28-14-4-3-5-15(29)8-14/h3-10,18,23-25,28-30H,11-12H2,1-2H3/t18?,23?,24-,25+/m0/s1. The molecule has 1 saturated heterocycles. The van der Waals surface area contributed by atoms with Crippen molar-refractivity contribution in [2.45, 2.75) is 12.0 Å². The molecular weight excluding hydrogens is 466 g/mol. The quantitative estimate of drug-likeness (QED) is 0.457. The second kappa shape index (κ2) is 8.44. The van der Waals surface area contributed by atoms with Gasteiger partial charge in [-0.25, -0.2) is 0 Å². The van der Waals surface area contributed by atoms with Gasteiger partial charge in [0.2, 0.25) is 12.5 Å². The molecule has 3 aliphatic rings. The van der Waals surface area contributed by atoms with Crippen molar-refractivity contribution < 1.29 is 38.7 Å². The lowest BCUT2D eigenvalue weighted by Gasteiger charge is -2.40. The lowest BCUT2D eigenvalue weighted by molar-refractivity contribution is -0.141. The van der Waals surface area contributed by atoms with Gasteiger partial charge in [-0.2, -0.15) is 0 Å². The number of fused-ring (bicyclic) bond motifs is 3. The van der Waals surface area contributed by atoms with Crippen molar-refractivity contribution >= 4 is 11.7 Å². The van der Waals surface area contributed by atoms with Gasteiger partial charge in [0.05, 0.1) is 32.8 Å². The number of benzene rings is 3. The van der Waals surface area contributed by atoms with Crippen LogP contribution in [0.1, 0.15) is 28.7 Å². The molecule has 3 N–H and O–H groups in total. The number of rotatable bonds is 5. The van der Waals surface area contributed by atoms with Crippen molar-refractivity contribution in [3.8, 4) is 34.5 Å². The van der Waals surface area contributed by atoms with Gasteiger partial charge in [-0.05, 0) is 53.1 Å². The predicted molar refractivity (Wildman–Crippen MR) is 128 cm³/mol. The molecule has 2 unspecified atom stereocenters. The number of phenols is 2. The maximum Gasteiger partial charge on any atom is 0.310 e. The molecule has 2 heterocycles. The van der Waals surface area contributed by atoms with Crippen LogP contribution in [0.3, 0.4) is 0 Å². The fourth-order valence-electron chi connectivity index (χ4n) is 5.62. The molecule has 0 spiro atoms. The maximum atomic E-state index is 13.2. The largest absolute Gasteiger partial charge is 0.508 e. The fraction of sp³-hybridized carbons (Fsp3) is 0.296. The molecule has 1 fully saturated rings. The SMILES string of the molecule is COc1cc(C2c3cc4c(cc3[C@@H](Nc3cccc(O)c3)C3COC(=O)[C@H]23)OCO4)cc(OC)c1O. The summed E-state index contributed by atoms with van der Waals surface area (Å²) in [6.45, 7) is 0.347. The number of carbonyl (C=O) groups excluding carboxylic acids is 1. The van der Waals surface area contributed by atoms with Gasteiger partial charge in [-0.3, -0.25) is 4.79 Å². The van der Waals surface area contributed by atoms with Gasteiger partial charge in [0.15, 0.2) is 23.0 Å². The Hall–Kier alpha value is -4.27. The van der Waals surface area contributed by atoms with Crippen LogP contribution in [0.4, 0.5) is 5.69 Å². The minimum atomic E-state index is -0.522. The number of esters is 1. The number of phenolic OH excluding ortho intramolecular Hbond substituents is 2. The Morgan fingerprint density at radius 1 is 0.917 bits per heavy atom. The molecule has 4 atom stereocenters. The highest BCUT2D eigenvalue weighted by molar-refractivity contribution is 5.79. The molecule has 1 aliphatic carbocycles. The molecule has 6 rings (SSSR count). The molecule has 2 aliphatic heterocycles. The van der Waals surface area contributed by atoms with E-state index in [0.717, 1.165) is 16.7 Å². The van der Waals surface area contributed by atoms with Crippen LogP contribution >= 0.6 is 0 Å². The molecule has 3 aromatic rings. The number of nitrogens with one attached hydrogen (secondary N) is 1. The summed E-state index contributed by atoms with van der Waals surface area (Å²) < 4.78 is 27.8. The van der Waals surface area contributed by atoms with E-state index in [9.17, 15) is 15.0 Å². The van der Waals surface area contributed by atoms with Crippen LogP contribution in [0.15, 0.2) is 48.5 Å². The molecule has 9 nitrogen and oxygen atoms in total. The molecule has 3 aromatic carbocycles. The first-order valence-corrected chi connectivity index (χ1v) is 11.6. The van der Waals surface area contributed by atoms with Crippen LogP contribution in [-0.4, -0.2) is 43.8 Å². The van der Waals surface area contributed by atoms with Crippen molar-refractivity contribution in [1.82, 2.24) is 0 Å². The molecule has 0 amide bonds. The van der Waals surface area contributed by atoms with Crippen molar-refractivity contribution in [3.63, 3.8) is 0 Å². The molecule has 9 heteroatoms. The van der Waals surface area contributed by atoms with Crippen molar-refractivity contribution in [2.75, 3.05) is 32.9 Å². The summed E-state index contributed by atoms with van der Waals surface area (Å²) in [6, 6.07) is 13.9. The molecule has 0 saturated carbocycles. The second-order valence-corrected chi connectivity index (χ2v) is 9.08. The molecular formula is C27H25NO8. The zero-order valence-electron chi connectivity index (χ0n) is 19.7. The molecule has 0 aromatic heterocycles. The summed E-state index contributed by atoms with van der Waals surface area (Å²) in [4.78, 5) is 13.2. The highest BCUT2D eigenvalue weighted by Crippen LogP contribution is 2.56. The Morgan fingerprint density at radius 3 is 2.28 bits per heavy atom. The second-order valence-electron chi connectivity index (χ2n) is 9.08. The maximum absolute atomic E-state index is 13.2. The number of hydrogen-bond donors (Lipinski definition) is 3. The predicted octanol–water partition coefficient (Wildman–Crippen LogP) is 3.93. The number of carbonyl (C=O) groups is 1. The molecule has 36 heavy (non-hydrogen) atoms. The van der Waals surface area contributed by atoms with E-state index in [1.807, 2.05) is 18.2 Å². The Labute approximate surface area is 207 Å². The summed E-state index contributed by atoms with van der Waals surface area (Å²) in [5.41, 5.74) is 3.25. The van der Waals surface area contributed by atoms with Crippen LogP contribution in [0.25, 0.3) is 0 Å². The van der Waals surface area contributed by atoms with Gasteiger partial charge in [-0.15, -0.1) is 0 Å². The van der Waals surface area contributed by atoms with Crippen LogP contribution in [0.2, 0.25) is 0 Å². The highest BCUT2D eigenvalue weighted by atomic mass is 16.7. The van der Waals surface area contributed by atoms with Crippen molar-refractivity contribution in [3.05, 3.63) is 65.2 Å². The Balaban J connectivity index is 1.55. The van der Waals surface area contributed by atoms with E-state index in [0.29, 0.717) is 17.2 Å². The number of hydrogen-bond acceptors (Lipinski definition) is 9. The normalized spacial score (nSPS) is 23.4. The first-order valence-electron chi connectivity index (χ1n) is 11.6. The van der Waals surface area contributed by atoms with E-state index in [-0.39, 0.29) is 54.3 Å². The Morgan fingerprint density at radius 2 is 1.61 bits per heavy atom. The van der Waals surface area contributed by atoms with E-state index in [2.05, 4.69) is 5.32 Å². The molecule has 0 radical (unpaired) electrons. The number of ether oxygens (including phenoxy) is 5. The molecule has 0 bridgehead atoms. The van der Waals surface area contributed by atoms with E-state index in [4.69, 9.17) is 23.7 Å². The van der Waals surface area contributed by atoms with E-state index < -0.39 is 11.8 Å². The Bertz CT molecular complexity index is 1330. The zero-order valence-corrected chi connectivity index (χ0v) is 19.7. The van der Waals surface area contributed by atoms with Crippen LogP contribution < -0.4 is 24.3 Å². The van der Waals surface area contributed by atoms with Crippen LogP contribution in [0, 0.1) is 11.8 Å². The zero-order chi connectivity index (χ0) is 25.0. The highest BCUT2D eigenvalue weighted by Gasteiger charge is 2.52. The van der Waals surface area contributed by atoms with Gasteiger partial charge >= 0.3 is 5.97 Å². The summed E-state index contributed by atoms with van der Waals surface area (Å²) in [5, 5.41) is 24.0. The summed E-state index contributed by atoms with van der Waals surface area (Å²) >= 11 is 0. The third-order valence-electron chi connectivity index (χ3n) is 7.22. The minimum absolute atomic E-state index is 0.112. The van der Waals surface area contributed by atoms with Crippen molar-refractivity contribution in [1.29, 1.82) is 0 Å². The van der Waals surface area contributed by atoms with E-state index >= 15 is 0 Å². The summed E-state index contributed by atoms with van der Waals surface area (Å²) in [6.07, 6.45) is 0. The van der Waals surface area contributed by atoms with Crippen molar-refractivity contribution in [2.24, 2.45) is 11.8 Å². The van der Waals surface area contributed by atoms with Gasteiger partial charge < -0.3 is 39.2 Å². The average Bonchev–Trinajstić information content (AvgIpc) is 3.49. The lowest BCUT2D eigenvalue weighted by atomic mass is 9.65. The summed E-state index contributed by atoms with van der Waals surface area (Å²) in [5.74, 6) is 0.274. The van der Waals surface area contributed by atoms with Gasteiger partial charge in [0.1, 0.15) is 5.75 Å². The lowest BCUT2D eigenvalue weighted by Crippen LogP contribution is -2.37. The van der Waals surface area contributed by atoms with Crippen LogP contribution in [0.5, 0.6) is 34.5 Å². The minimum Gasteiger partial charge on any atom is -0.508 e. The third kappa shape index (κ3) is 3.42. The number of cyclic esters (lactones) is 1. The van der Waals surface area contributed by atoms with Gasteiger partial charge in [0, 0.05) is 23.6 Å². The topological polar surface area (TPSA) is 116 Å². The summed E-state index contributed by atoms with van der Waals surface area (Å²) in [7, 11) is 2.93. The van der Waals surface area contributed by atoms with E-state index in [1.54, 1.807) is 30.3 Å². The first-order chi connectivity index (χ1) is 17.5. The molecule has 186 valence electrons. The monoisotopic (exact) mass is 491 g/mol. The average molecular weight is 491 g/mol. The van der Waals surface area contributed by atoms with Gasteiger partial charge in [0.25, 0.3) is 0 Å². The number of anilines is 1. The fourth-order valence-corrected chi connectivity index (χ4v) is 5.62. The smallest absolute Gasteiger partial charge is 0.310 e.